The van der Waals surface area contributed by atoms with Crippen LogP contribution in [0.4, 0.5) is 5.69 Å². The minimum Gasteiger partial charge on any atom is -0.379 e. The van der Waals surface area contributed by atoms with Gasteiger partial charge in [-0.15, -0.1) is 11.3 Å². The number of hydrogen-bond donors (Lipinski definition) is 1. The predicted octanol–water partition coefficient (Wildman–Crippen LogP) is 3.61. The van der Waals surface area contributed by atoms with E-state index in [1.165, 1.54) is 23.5 Å². The molecule has 29 heavy (non-hydrogen) atoms. The number of non-ortho nitro benzene ring substituents is 1. The first-order valence-corrected chi connectivity index (χ1v) is 10.3. The number of carbonyl (C=O) groups excluding carboxylic acids is 1. The van der Waals surface area contributed by atoms with Crippen LogP contribution in [0.25, 0.3) is 10.1 Å². The lowest BCUT2D eigenvalue weighted by Crippen LogP contribution is -2.43. The van der Waals surface area contributed by atoms with Gasteiger partial charge in [0.05, 0.1) is 29.1 Å². The number of thiophene rings is 1. The van der Waals surface area contributed by atoms with Crippen molar-refractivity contribution in [2.75, 3.05) is 32.8 Å². The van der Waals surface area contributed by atoms with E-state index in [0.717, 1.165) is 23.4 Å². The summed E-state index contributed by atoms with van der Waals surface area (Å²) in [6.45, 7) is 3.50. The molecule has 1 N–H and O–H groups in total. The first-order chi connectivity index (χ1) is 14.1. The Bertz CT molecular complexity index is 1020. The molecule has 7 nitrogen and oxygen atoms in total. The molecule has 4 rings (SSSR count). The van der Waals surface area contributed by atoms with Crippen LogP contribution < -0.4 is 5.32 Å². The maximum absolute atomic E-state index is 12.8. The van der Waals surface area contributed by atoms with Gasteiger partial charge < -0.3 is 10.1 Å². The fourth-order valence-corrected chi connectivity index (χ4v) is 4.51. The number of rotatable bonds is 6. The lowest BCUT2D eigenvalue weighted by Gasteiger charge is -2.34. The van der Waals surface area contributed by atoms with Crippen LogP contribution in [-0.2, 0) is 4.74 Å². The topological polar surface area (TPSA) is 84.7 Å². The van der Waals surface area contributed by atoms with Crippen molar-refractivity contribution >= 4 is 33.0 Å². The number of nitrogens with one attached hydrogen (secondary N) is 1. The van der Waals surface area contributed by atoms with E-state index in [0.29, 0.717) is 30.0 Å². The summed E-state index contributed by atoms with van der Waals surface area (Å²) in [7, 11) is 0. The van der Waals surface area contributed by atoms with Gasteiger partial charge in [0.25, 0.3) is 11.6 Å². The van der Waals surface area contributed by atoms with E-state index in [9.17, 15) is 14.9 Å². The zero-order valence-electron chi connectivity index (χ0n) is 15.7. The summed E-state index contributed by atoms with van der Waals surface area (Å²) in [6, 6.07) is 16.6. The standard InChI is InChI=1S/C21H21N3O4S/c25-21(20-13-16-12-17(24(26)27)6-7-19(16)29-20)22-14-18(15-4-2-1-3-5-15)23-8-10-28-11-9-23/h1-7,12-13,18H,8-11,14H2,(H,22,25). The third kappa shape index (κ3) is 4.45. The molecule has 1 fully saturated rings. The molecule has 1 aromatic heterocycles. The Morgan fingerprint density at radius 3 is 2.66 bits per heavy atom. The van der Waals surface area contributed by atoms with Gasteiger partial charge in [0, 0.05) is 41.9 Å². The van der Waals surface area contributed by atoms with Crippen molar-refractivity contribution < 1.29 is 14.5 Å². The molecule has 0 saturated carbocycles. The fourth-order valence-electron chi connectivity index (χ4n) is 3.55. The number of nitro benzene ring substituents is 1. The van der Waals surface area contributed by atoms with E-state index in [2.05, 4.69) is 22.3 Å². The Balaban J connectivity index is 1.50. The number of ether oxygens (including phenoxy) is 1. The van der Waals surface area contributed by atoms with Crippen molar-refractivity contribution in [3.05, 3.63) is 75.2 Å². The Labute approximate surface area is 172 Å². The van der Waals surface area contributed by atoms with Gasteiger partial charge in [-0.2, -0.15) is 0 Å². The summed E-state index contributed by atoms with van der Waals surface area (Å²) in [5.74, 6) is -0.164. The van der Waals surface area contributed by atoms with Crippen molar-refractivity contribution in [2.45, 2.75) is 6.04 Å². The van der Waals surface area contributed by atoms with Gasteiger partial charge in [-0.1, -0.05) is 30.3 Å². The largest absolute Gasteiger partial charge is 0.379 e. The van der Waals surface area contributed by atoms with Crippen LogP contribution in [0.3, 0.4) is 0 Å². The molecule has 8 heteroatoms. The van der Waals surface area contributed by atoms with Crippen LogP contribution in [0, 0.1) is 10.1 Å². The molecule has 0 bridgehead atoms. The van der Waals surface area contributed by atoms with Gasteiger partial charge in [-0.25, -0.2) is 0 Å². The Morgan fingerprint density at radius 2 is 1.93 bits per heavy atom. The van der Waals surface area contributed by atoms with Crippen LogP contribution in [0.2, 0.25) is 0 Å². The van der Waals surface area contributed by atoms with E-state index in [1.54, 1.807) is 12.1 Å². The number of morpholine rings is 1. The molecule has 0 aliphatic carbocycles. The van der Waals surface area contributed by atoms with Gasteiger partial charge in [0.15, 0.2) is 0 Å². The summed E-state index contributed by atoms with van der Waals surface area (Å²) in [6.07, 6.45) is 0. The maximum Gasteiger partial charge on any atom is 0.270 e. The minimum atomic E-state index is -0.427. The molecule has 1 aliphatic heterocycles. The van der Waals surface area contributed by atoms with Gasteiger partial charge in [-0.3, -0.25) is 19.8 Å². The molecule has 1 unspecified atom stereocenters. The van der Waals surface area contributed by atoms with Crippen LogP contribution >= 0.6 is 11.3 Å². The minimum absolute atomic E-state index is 0.0266. The number of hydrogen-bond acceptors (Lipinski definition) is 6. The lowest BCUT2D eigenvalue weighted by atomic mass is 10.0. The highest BCUT2D eigenvalue weighted by molar-refractivity contribution is 7.20. The molecule has 2 aromatic carbocycles. The SMILES string of the molecule is O=C(NCC(c1ccccc1)N1CCOCC1)c1cc2cc([N+](=O)[O-])ccc2s1. The molecule has 2 heterocycles. The first kappa shape index (κ1) is 19.5. The highest BCUT2D eigenvalue weighted by atomic mass is 32.1. The average molecular weight is 411 g/mol. The maximum atomic E-state index is 12.8. The normalized spacial score (nSPS) is 15.9. The van der Waals surface area contributed by atoms with Crippen LogP contribution in [0.15, 0.2) is 54.6 Å². The van der Waals surface area contributed by atoms with E-state index < -0.39 is 4.92 Å². The summed E-state index contributed by atoms with van der Waals surface area (Å²) < 4.78 is 6.32. The number of nitrogens with zero attached hydrogens (tertiary/aromatic N) is 2. The second-order valence-corrected chi connectivity index (χ2v) is 7.96. The molecule has 1 aliphatic rings. The molecule has 3 aromatic rings. The van der Waals surface area contributed by atoms with Crippen molar-refractivity contribution in [3.8, 4) is 0 Å². The van der Waals surface area contributed by atoms with Crippen molar-refractivity contribution in [1.29, 1.82) is 0 Å². The van der Waals surface area contributed by atoms with Crippen molar-refractivity contribution in [2.24, 2.45) is 0 Å². The molecule has 150 valence electrons. The summed E-state index contributed by atoms with van der Waals surface area (Å²) in [5, 5.41) is 14.7. The smallest absolute Gasteiger partial charge is 0.270 e. The second-order valence-electron chi connectivity index (χ2n) is 6.87. The third-order valence-electron chi connectivity index (χ3n) is 5.06. The molecular weight excluding hydrogens is 390 g/mol. The van der Waals surface area contributed by atoms with Crippen LogP contribution in [0.1, 0.15) is 21.3 Å². The average Bonchev–Trinajstić information content (AvgIpc) is 3.19. The monoisotopic (exact) mass is 411 g/mol. The quantitative estimate of drug-likeness (QED) is 0.495. The van der Waals surface area contributed by atoms with E-state index in [-0.39, 0.29) is 17.6 Å². The Kier molecular flexibility index (Phi) is 5.84. The molecule has 0 radical (unpaired) electrons. The van der Waals surface area contributed by atoms with Crippen LogP contribution in [0.5, 0.6) is 0 Å². The number of nitro groups is 1. The van der Waals surface area contributed by atoms with Gasteiger partial charge >= 0.3 is 0 Å². The lowest BCUT2D eigenvalue weighted by molar-refractivity contribution is -0.384. The highest BCUT2D eigenvalue weighted by Crippen LogP contribution is 2.29. The third-order valence-corrected chi connectivity index (χ3v) is 6.18. The first-order valence-electron chi connectivity index (χ1n) is 9.45. The highest BCUT2D eigenvalue weighted by Gasteiger charge is 2.23. The van der Waals surface area contributed by atoms with Crippen molar-refractivity contribution in [1.82, 2.24) is 10.2 Å². The summed E-state index contributed by atoms with van der Waals surface area (Å²) >= 11 is 1.34. The second kappa shape index (κ2) is 8.69. The molecule has 1 amide bonds. The molecule has 1 atom stereocenters. The number of fused-ring (bicyclic) bond motifs is 1. The summed E-state index contributed by atoms with van der Waals surface area (Å²) in [5.41, 5.74) is 1.18. The zero-order chi connectivity index (χ0) is 20.2. The fraction of sp³-hybridized carbons (Fsp3) is 0.286. The van der Waals surface area contributed by atoms with Crippen LogP contribution in [-0.4, -0.2) is 48.6 Å². The Hall–Kier alpha value is -2.81. The van der Waals surface area contributed by atoms with E-state index >= 15 is 0 Å². The van der Waals surface area contributed by atoms with Gasteiger partial charge in [0.2, 0.25) is 0 Å². The number of benzene rings is 2. The summed E-state index contributed by atoms with van der Waals surface area (Å²) in [4.78, 5) is 26.2. The predicted molar refractivity (Wildman–Crippen MR) is 112 cm³/mol. The zero-order valence-corrected chi connectivity index (χ0v) is 16.6. The van der Waals surface area contributed by atoms with Gasteiger partial charge in [0.1, 0.15) is 0 Å². The molecule has 0 spiro atoms. The number of amides is 1. The van der Waals surface area contributed by atoms with E-state index in [1.807, 2.05) is 18.2 Å². The Morgan fingerprint density at radius 1 is 1.17 bits per heavy atom. The van der Waals surface area contributed by atoms with E-state index in [4.69, 9.17) is 4.74 Å². The van der Waals surface area contributed by atoms with Gasteiger partial charge in [-0.05, 0) is 17.7 Å². The molecule has 1 saturated heterocycles. The molecular formula is C21H21N3O4S. The number of carbonyl (C=O) groups is 1. The van der Waals surface area contributed by atoms with Crippen molar-refractivity contribution in [3.63, 3.8) is 0 Å².